The van der Waals surface area contributed by atoms with E-state index in [9.17, 15) is 0 Å². The summed E-state index contributed by atoms with van der Waals surface area (Å²) in [6, 6.07) is 5.89. The lowest BCUT2D eigenvalue weighted by Gasteiger charge is -2.32. The maximum Gasteiger partial charge on any atom is 0.130 e. The van der Waals surface area contributed by atoms with Crippen molar-refractivity contribution >= 4 is 24.3 Å². The van der Waals surface area contributed by atoms with Crippen LogP contribution in [0.5, 0.6) is 0 Å². The van der Waals surface area contributed by atoms with Crippen molar-refractivity contribution in [3.8, 4) is 11.4 Å². The molecule has 5 N–H and O–H groups in total. The number of H-pyrrole nitrogens is 1. The molecule has 0 saturated carbocycles. The van der Waals surface area contributed by atoms with Gasteiger partial charge in [0.25, 0.3) is 0 Å². The molecule has 3 heterocycles. The van der Waals surface area contributed by atoms with Gasteiger partial charge in [-0.25, -0.2) is 9.97 Å². The largest absolute Gasteiger partial charge is 0.395 e. The highest BCUT2D eigenvalue weighted by molar-refractivity contribution is 6.05. The van der Waals surface area contributed by atoms with Crippen molar-refractivity contribution in [1.82, 2.24) is 30.1 Å². The summed E-state index contributed by atoms with van der Waals surface area (Å²) in [7, 11) is 1.95. The summed E-state index contributed by atoms with van der Waals surface area (Å²) in [5.74, 6) is 1.66. The van der Waals surface area contributed by atoms with Crippen LogP contribution < -0.4 is 5.32 Å². The average molecular weight is 600 g/mol. The highest BCUT2D eigenvalue weighted by Gasteiger charge is 2.31. The van der Waals surface area contributed by atoms with Gasteiger partial charge in [0, 0.05) is 44.3 Å². The fourth-order valence-corrected chi connectivity index (χ4v) is 5.49. The third-order valence-corrected chi connectivity index (χ3v) is 7.65. The van der Waals surface area contributed by atoms with Gasteiger partial charge in [0.05, 0.1) is 35.6 Å². The van der Waals surface area contributed by atoms with E-state index in [-0.39, 0.29) is 12.3 Å². The van der Waals surface area contributed by atoms with Gasteiger partial charge in [-0.15, -0.1) is 0 Å². The zero-order chi connectivity index (χ0) is 31.7. The fraction of sp³-hybridized carbons (Fsp3) is 0.441. The molecule has 0 bridgehead atoms. The molecule has 4 rings (SSSR count). The molecule has 2 aromatic rings. The molecular formula is C34H49N9O. The summed E-state index contributed by atoms with van der Waals surface area (Å²) in [5.41, 5.74) is 3.57. The van der Waals surface area contributed by atoms with Crippen LogP contribution in [0.1, 0.15) is 51.0 Å². The van der Waals surface area contributed by atoms with Crippen LogP contribution >= 0.6 is 0 Å². The van der Waals surface area contributed by atoms with Crippen LogP contribution in [-0.4, -0.2) is 101 Å². The van der Waals surface area contributed by atoms with Crippen LogP contribution in [0.25, 0.3) is 17.5 Å². The molecule has 0 spiro atoms. The molecule has 44 heavy (non-hydrogen) atoms. The predicted octanol–water partition coefficient (Wildman–Crippen LogP) is 4.94. The number of likely N-dealkylation sites (tertiary alicyclic amines) is 1. The minimum Gasteiger partial charge on any atom is -0.395 e. The van der Waals surface area contributed by atoms with Gasteiger partial charge in [-0.3, -0.25) is 20.7 Å². The number of rotatable bonds is 14. The van der Waals surface area contributed by atoms with E-state index in [1.807, 2.05) is 31.3 Å². The minimum absolute atomic E-state index is 0.260. The lowest BCUT2D eigenvalue weighted by Crippen LogP contribution is -2.38. The molecule has 1 saturated heterocycles. The first-order valence-electron chi connectivity index (χ1n) is 15.5. The van der Waals surface area contributed by atoms with E-state index in [0.29, 0.717) is 35.0 Å². The third-order valence-electron chi connectivity index (χ3n) is 7.65. The highest BCUT2D eigenvalue weighted by Crippen LogP contribution is 2.31. The summed E-state index contributed by atoms with van der Waals surface area (Å²) in [6.45, 7) is 12.8. The Bertz CT molecular complexity index is 1330. The lowest BCUT2D eigenvalue weighted by molar-refractivity contribution is 0.197. The summed E-state index contributed by atoms with van der Waals surface area (Å²) >= 11 is 0. The number of aliphatic hydroxyl groups is 1. The van der Waals surface area contributed by atoms with Crippen LogP contribution in [0.3, 0.4) is 0 Å². The maximum absolute atomic E-state index is 8.70. The first-order valence-corrected chi connectivity index (χ1v) is 15.5. The third kappa shape index (κ3) is 10.6. The smallest absolute Gasteiger partial charge is 0.130 e. The van der Waals surface area contributed by atoms with Crippen molar-refractivity contribution in [2.45, 2.75) is 45.6 Å². The molecule has 236 valence electrons. The number of aliphatic hydroxyl groups excluding tert-OH is 1. The number of likely N-dealkylation sites (N-methyl/N-ethyl adjacent to an activating group) is 1. The van der Waals surface area contributed by atoms with Crippen molar-refractivity contribution in [2.75, 3.05) is 46.4 Å². The Balaban J connectivity index is 0.000000411. The summed E-state index contributed by atoms with van der Waals surface area (Å²) in [6.07, 6.45) is 19.6. The topological polar surface area (TPSA) is 140 Å². The van der Waals surface area contributed by atoms with E-state index < -0.39 is 0 Å². The molecule has 10 nitrogen and oxygen atoms in total. The van der Waals surface area contributed by atoms with Crippen molar-refractivity contribution < 1.29 is 5.11 Å². The second kappa shape index (κ2) is 18.6. The number of aromatic amines is 1. The van der Waals surface area contributed by atoms with Gasteiger partial charge in [-0.1, -0.05) is 36.8 Å². The number of aliphatic imine (C=N–C) groups is 1. The van der Waals surface area contributed by atoms with E-state index in [4.69, 9.17) is 15.9 Å². The van der Waals surface area contributed by atoms with Gasteiger partial charge in [0.1, 0.15) is 11.7 Å². The molecular weight excluding hydrogens is 550 g/mol. The Morgan fingerprint density at radius 2 is 2.11 bits per heavy atom. The molecule has 1 aliphatic heterocycles. The Morgan fingerprint density at radius 3 is 2.84 bits per heavy atom. The van der Waals surface area contributed by atoms with Gasteiger partial charge in [-0.05, 0) is 83.3 Å². The van der Waals surface area contributed by atoms with Crippen LogP contribution in [0, 0.1) is 16.7 Å². The van der Waals surface area contributed by atoms with Crippen molar-refractivity contribution in [3.05, 3.63) is 78.1 Å². The summed E-state index contributed by atoms with van der Waals surface area (Å²) in [5, 5.41) is 28.5. The van der Waals surface area contributed by atoms with Gasteiger partial charge in [-0.2, -0.15) is 0 Å². The van der Waals surface area contributed by atoms with Gasteiger partial charge < -0.3 is 20.3 Å². The van der Waals surface area contributed by atoms with E-state index in [0.717, 1.165) is 64.1 Å². The van der Waals surface area contributed by atoms with E-state index in [1.165, 1.54) is 11.8 Å². The molecule has 1 fully saturated rings. The predicted molar refractivity (Wildman–Crippen MR) is 183 cm³/mol. The highest BCUT2D eigenvalue weighted by atomic mass is 16.3. The number of hydrogen-bond donors (Lipinski definition) is 5. The van der Waals surface area contributed by atoms with Crippen molar-refractivity contribution in [1.29, 1.82) is 10.8 Å². The number of allylic oxidation sites excluding steroid dienone is 4. The lowest BCUT2D eigenvalue weighted by atomic mass is 9.88. The molecule has 0 radical (unpaired) electrons. The summed E-state index contributed by atoms with van der Waals surface area (Å²) in [4.78, 5) is 20.3. The Morgan fingerprint density at radius 1 is 1.27 bits per heavy atom. The average Bonchev–Trinajstić information content (AvgIpc) is 3.73. The Hall–Kier alpha value is -3.99. The molecule has 2 atom stereocenters. The molecule has 10 heteroatoms. The van der Waals surface area contributed by atoms with E-state index in [1.54, 1.807) is 18.3 Å². The number of pyridine rings is 1. The fourth-order valence-electron chi connectivity index (χ4n) is 5.49. The number of nitrogens with zero attached hydrogens (tertiary/aromatic N) is 5. The minimum atomic E-state index is 0.260. The number of nitrogens with one attached hydrogen (secondary N) is 4. The van der Waals surface area contributed by atoms with E-state index in [2.05, 4.69) is 73.9 Å². The first kappa shape index (κ1) is 34.5. The van der Waals surface area contributed by atoms with Crippen LogP contribution in [-0.2, 0) is 0 Å². The molecule has 1 aliphatic carbocycles. The van der Waals surface area contributed by atoms with Gasteiger partial charge >= 0.3 is 0 Å². The maximum atomic E-state index is 8.70. The number of aromatic nitrogens is 3. The summed E-state index contributed by atoms with van der Waals surface area (Å²) < 4.78 is 0. The van der Waals surface area contributed by atoms with E-state index >= 15 is 0 Å². The standard InChI is InChI=1S/C26H29N7.C8H20N2O/c1-18-6-3-7-19(16-18)24-10-5-15-33(24)25(28)11-12-26-30-17-23(32-26)22-9-4-8-21(31-22)20(27)13-14-29-2;1-3-5-10(7-8-11)6-4-9-2/h3-4,6,8-9,11-14,16-17,19,24,27-28H,2,5,7,10,15H2,1H3,(H,30,32);9,11H,3-8H2,1-2H3/b12-11-,14-13-,27-20?,28-25?;/t19-,24?;/m0./s1. The normalized spacial score (nSPS) is 18.1. The Kier molecular flexibility index (Phi) is 14.6. The van der Waals surface area contributed by atoms with Crippen LogP contribution in [0.15, 0.2) is 71.5 Å². The molecule has 2 aromatic heterocycles. The second-order valence-electron chi connectivity index (χ2n) is 11.0. The molecule has 0 amide bonds. The van der Waals surface area contributed by atoms with Crippen LogP contribution in [0.2, 0.25) is 0 Å². The zero-order valence-corrected chi connectivity index (χ0v) is 26.5. The SMILES string of the molecule is C=N/C=C\C(=N)c1cccc(-c2cnc(/C=C\C(=N)N3CCCC3[C@@H]3C=C(C)C=CC3)[nH]2)n1.CCCN(CCO)CCNC. The monoisotopic (exact) mass is 599 g/mol. The Labute approximate surface area is 262 Å². The van der Waals surface area contributed by atoms with Crippen molar-refractivity contribution in [3.63, 3.8) is 0 Å². The molecule has 1 unspecified atom stereocenters. The number of amidine groups is 1. The molecule has 2 aliphatic rings. The van der Waals surface area contributed by atoms with Crippen LogP contribution in [0.4, 0.5) is 0 Å². The zero-order valence-electron chi connectivity index (χ0n) is 26.5. The second-order valence-corrected chi connectivity index (χ2v) is 11.0. The molecule has 0 aromatic carbocycles. The van der Waals surface area contributed by atoms with Gasteiger partial charge in [0.2, 0.25) is 0 Å². The van der Waals surface area contributed by atoms with Gasteiger partial charge in [0.15, 0.2) is 0 Å². The number of hydrogen-bond acceptors (Lipinski definition) is 8. The quantitative estimate of drug-likeness (QED) is 0.154. The van der Waals surface area contributed by atoms with Crippen molar-refractivity contribution in [2.24, 2.45) is 10.9 Å². The first-order chi connectivity index (χ1) is 21.4. The number of imidazole rings is 1.